The van der Waals surface area contributed by atoms with E-state index in [1.54, 1.807) is 10.8 Å². The molecule has 2 heterocycles. The van der Waals surface area contributed by atoms with E-state index in [-0.39, 0.29) is 17.9 Å². The Morgan fingerprint density at radius 2 is 2.38 bits per heavy atom. The summed E-state index contributed by atoms with van der Waals surface area (Å²) in [5.74, 6) is 0. The molecular formula is C11H16N2O3. The maximum Gasteiger partial charge on any atom is 0.302 e. The molecule has 0 fully saturated rings. The van der Waals surface area contributed by atoms with Gasteiger partial charge in [0.15, 0.2) is 6.23 Å². The Bertz CT molecular complexity index is 412. The second kappa shape index (κ2) is 4.65. The van der Waals surface area contributed by atoms with Crippen LogP contribution in [0.4, 0.5) is 0 Å². The number of aromatic nitrogens is 2. The van der Waals surface area contributed by atoms with E-state index in [9.17, 15) is 4.79 Å². The summed E-state index contributed by atoms with van der Waals surface area (Å²) in [6.07, 6.45) is 3.67. The lowest BCUT2D eigenvalue weighted by Gasteiger charge is -2.19. The highest BCUT2D eigenvalue weighted by Gasteiger charge is 2.26. The number of fused-ring (bicyclic) bond motifs is 1. The summed E-state index contributed by atoms with van der Waals surface area (Å²) in [6.45, 7) is 4.61. The quantitative estimate of drug-likeness (QED) is 0.774. The van der Waals surface area contributed by atoms with Crippen molar-refractivity contribution in [2.24, 2.45) is 0 Å². The van der Waals surface area contributed by atoms with E-state index in [0.717, 1.165) is 12.8 Å². The van der Waals surface area contributed by atoms with E-state index in [2.05, 4.69) is 18.8 Å². The lowest BCUT2D eigenvalue weighted by Crippen LogP contribution is -2.20. The van der Waals surface area contributed by atoms with Gasteiger partial charge in [-0.25, -0.2) is 0 Å². The van der Waals surface area contributed by atoms with Gasteiger partial charge in [-0.3, -0.25) is 9.36 Å². The average Bonchev–Trinajstić information content (AvgIpc) is 2.68. The van der Waals surface area contributed by atoms with E-state index in [4.69, 9.17) is 9.47 Å². The number of hydrogen-bond acceptors (Lipinski definition) is 4. The van der Waals surface area contributed by atoms with Crippen LogP contribution < -0.4 is 10.3 Å². The lowest BCUT2D eigenvalue weighted by molar-refractivity contribution is -0.0556. The maximum absolute atomic E-state index is 11.0. The van der Waals surface area contributed by atoms with Crippen LogP contribution in [0.25, 0.3) is 0 Å². The molecule has 0 aliphatic carbocycles. The molecule has 0 radical (unpaired) electrons. The molecule has 5 nitrogen and oxygen atoms in total. The van der Waals surface area contributed by atoms with Crippen LogP contribution in [0.2, 0.25) is 0 Å². The Kier molecular flexibility index (Phi) is 3.24. The van der Waals surface area contributed by atoms with Gasteiger partial charge in [0.2, 0.25) is 0 Å². The minimum atomic E-state index is -0.283. The fraction of sp³-hybridized carbons (Fsp3) is 0.636. The molecule has 1 aromatic heterocycles. The van der Waals surface area contributed by atoms with Crippen molar-refractivity contribution in [2.75, 3.05) is 6.61 Å². The van der Waals surface area contributed by atoms with Crippen molar-refractivity contribution in [3.05, 3.63) is 22.6 Å². The molecule has 0 saturated carbocycles. The largest absolute Gasteiger partial charge is 0.460 e. The van der Waals surface area contributed by atoms with Gasteiger partial charge in [0, 0.05) is 12.3 Å². The number of hydrogen-bond donors (Lipinski definition) is 0. The Morgan fingerprint density at radius 1 is 1.62 bits per heavy atom. The topological polar surface area (TPSA) is 53.4 Å². The van der Waals surface area contributed by atoms with Gasteiger partial charge >= 0.3 is 6.01 Å². The van der Waals surface area contributed by atoms with Gasteiger partial charge < -0.3 is 9.47 Å². The predicted molar refractivity (Wildman–Crippen MR) is 58.5 cm³/mol. The van der Waals surface area contributed by atoms with Crippen molar-refractivity contribution >= 4 is 0 Å². The highest BCUT2D eigenvalue weighted by Crippen LogP contribution is 2.25. The van der Waals surface area contributed by atoms with Crippen LogP contribution in [0.5, 0.6) is 6.01 Å². The third-order valence-corrected chi connectivity index (χ3v) is 2.73. The zero-order valence-electron chi connectivity index (χ0n) is 9.55. The molecule has 0 saturated heterocycles. The van der Waals surface area contributed by atoms with Crippen LogP contribution >= 0.6 is 0 Å². The first-order valence-corrected chi connectivity index (χ1v) is 5.62. The number of nitrogens with zero attached hydrogens (tertiary/aromatic N) is 2. The number of rotatable bonds is 4. The first-order chi connectivity index (χ1) is 7.74. The molecule has 5 heteroatoms. The van der Waals surface area contributed by atoms with Crippen LogP contribution in [0.3, 0.4) is 0 Å². The van der Waals surface area contributed by atoms with E-state index in [1.807, 2.05) is 0 Å². The minimum absolute atomic E-state index is 0.159. The van der Waals surface area contributed by atoms with E-state index < -0.39 is 0 Å². The second-order valence-electron chi connectivity index (χ2n) is 3.80. The smallest absolute Gasteiger partial charge is 0.302 e. The normalized spacial score (nSPS) is 18.6. The Hall–Kier alpha value is -1.36. The summed E-state index contributed by atoms with van der Waals surface area (Å²) in [7, 11) is 0. The van der Waals surface area contributed by atoms with Crippen LogP contribution in [0, 0.1) is 0 Å². The zero-order valence-corrected chi connectivity index (χ0v) is 9.55. The van der Waals surface area contributed by atoms with Gasteiger partial charge in [0.05, 0.1) is 6.10 Å². The first-order valence-electron chi connectivity index (χ1n) is 5.62. The molecule has 1 aliphatic heterocycles. The highest BCUT2D eigenvalue weighted by atomic mass is 16.6. The standard InChI is InChI=1S/C11H16N2O3/c1-3-8(4-2)16-10-7-15-11-12-9(14)5-6-13(10)11/h5-6,8,10H,3-4,7H2,1-2H3/t10-/m1/s1. The van der Waals surface area contributed by atoms with Gasteiger partial charge in [-0.1, -0.05) is 13.8 Å². The minimum Gasteiger partial charge on any atom is -0.460 e. The molecule has 0 amide bonds. The lowest BCUT2D eigenvalue weighted by atomic mass is 10.2. The maximum atomic E-state index is 11.0. The summed E-state index contributed by atoms with van der Waals surface area (Å²) in [5, 5.41) is 0. The molecule has 1 atom stereocenters. The first kappa shape index (κ1) is 11.1. The molecule has 1 aromatic rings. The van der Waals surface area contributed by atoms with E-state index in [1.165, 1.54) is 6.07 Å². The molecule has 0 spiro atoms. The summed E-state index contributed by atoms with van der Waals surface area (Å²) in [6, 6.07) is 1.77. The van der Waals surface area contributed by atoms with Crippen LogP contribution in [0.1, 0.15) is 32.9 Å². The highest BCUT2D eigenvalue weighted by molar-refractivity contribution is 5.04. The molecule has 1 aliphatic rings. The van der Waals surface area contributed by atoms with E-state index >= 15 is 0 Å². The van der Waals surface area contributed by atoms with E-state index in [0.29, 0.717) is 12.6 Å². The van der Waals surface area contributed by atoms with Crippen LogP contribution in [-0.4, -0.2) is 22.3 Å². The monoisotopic (exact) mass is 224 g/mol. The van der Waals surface area contributed by atoms with Crippen molar-refractivity contribution in [2.45, 2.75) is 39.0 Å². The SMILES string of the molecule is CCC(CC)O[C@@H]1COc2nc(=O)ccn21. The Morgan fingerprint density at radius 3 is 3.06 bits per heavy atom. The third-order valence-electron chi connectivity index (χ3n) is 2.73. The zero-order chi connectivity index (χ0) is 11.5. The van der Waals surface area contributed by atoms with Crippen molar-refractivity contribution in [1.29, 1.82) is 0 Å². The van der Waals surface area contributed by atoms with Crippen molar-refractivity contribution in [3.63, 3.8) is 0 Å². The fourth-order valence-corrected chi connectivity index (χ4v) is 1.76. The van der Waals surface area contributed by atoms with Gasteiger partial charge in [-0.15, -0.1) is 0 Å². The predicted octanol–water partition coefficient (Wildman–Crippen LogP) is 1.34. The summed E-state index contributed by atoms with van der Waals surface area (Å²) >= 11 is 0. The van der Waals surface area contributed by atoms with Gasteiger partial charge in [0.25, 0.3) is 5.56 Å². The van der Waals surface area contributed by atoms with Gasteiger partial charge in [-0.05, 0) is 12.8 Å². The molecule has 0 aromatic carbocycles. The summed E-state index contributed by atoms with van der Waals surface area (Å²) < 4.78 is 12.9. The third kappa shape index (κ3) is 2.09. The second-order valence-corrected chi connectivity index (χ2v) is 3.80. The molecule has 88 valence electrons. The van der Waals surface area contributed by atoms with Crippen molar-refractivity contribution in [3.8, 4) is 6.01 Å². The van der Waals surface area contributed by atoms with Gasteiger partial charge in [-0.2, -0.15) is 4.98 Å². The Labute approximate surface area is 94.0 Å². The van der Waals surface area contributed by atoms with Crippen molar-refractivity contribution in [1.82, 2.24) is 9.55 Å². The summed E-state index contributed by atoms with van der Waals surface area (Å²) in [4.78, 5) is 14.8. The molecule has 0 N–H and O–H groups in total. The molecular weight excluding hydrogens is 208 g/mol. The molecule has 0 unspecified atom stereocenters. The van der Waals surface area contributed by atoms with Crippen molar-refractivity contribution < 1.29 is 9.47 Å². The molecule has 16 heavy (non-hydrogen) atoms. The Balaban J connectivity index is 2.14. The summed E-state index contributed by atoms with van der Waals surface area (Å²) in [5.41, 5.74) is -0.283. The van der Waals surface area contributed by atoms with Gasteiger partial charge in [0.1, 0.15) is 6.61 Å². The molecule has 0 bridgehead atoms. The van der Waals surface area contributed by atoms with Crippen LogP contribution in [-0.2, 0) is 4.74 Å². The van der Waals surface area contributed by atoms with Crippen LogP contribution in [0.15, 0.2) is 17.1 Å². The fourth-order valence-electron chi connectivity index (χ4n) is 1.76. The molecule has 2 rings (SSSR count). The number of ether oxygens (including phenoxy) is 2. The average molecular weight is 224 g/mol.